The maximum Gasteiger partial charge on any atom is 0.224 e. The van der Waals surface area contributed by atoms with E-state index >= 15 is 0 Å². The first-order valence-electron chi connectivity index (χ1n) is 8.17. The third kappa shape index (κ3) is 4.16. The zero-order valence-electron chi connectivity index (χ0n) is 13.1. The zero-order valence-corrected chi connectivity index (χ0v) is 13.8. The number of piperidine rings is 1. The van der Waals surface area contributed by atoms with Crippen LogP contribution in [0.25, 0.3) is 0 Å². The van der Waals surface area contributed by atoms with E-state index in [1.165, 1.54) is 5.69 Å². The highest BCUT2D eigenvalue weighted by atomic mass is 35.5. The Bertz CT molecular complexity index is 566. The molecule has 2 aliphatic heterocycles. The quantitative estimate of drug-likeness (QED) is 0.882. The second-order valence-corrected chi connectivity index (χ2v) is 6.80. The van der Waals surface area contributed by atoms with Crippen molar-refractivity contribution in [2.45, 2.75) is 19.3 Å². The number of benzene rings is 1. The molecule has 2 unspecified atom stereocenters. The molecule has 3 rings (SSSR count). The lowest BCUT2D eigenvalue weighted by Gasteiger charge is -2.23. The van der Waals surface area contributed by atoms with Crippen molar-refractivity contribution in [3.63, 3.8) is 0 Å². The smallest absolute Gasteiger partial charge is 0.224 e. The number of carbonyl (C=O) groups excluding carboxylic acids is 2. The monoisotopic (exact) mass is 335 g/mol. The molecule has 5 nitrogen and oxygen atoms in total. The predicted molar refractivity (Wildman–Crippen MR) is 90.5 cm³/mol. The van der Waals surface area contributed by atoms with E-state index in [-0.39, 0.29) is 17.7 Å². The Balaban J connectivity index is 1.44. The second-order valence-electron chi connectivity index (χ2n) is 6.36. The fourth-order valence-electron chi connectivity index (χ4n) is 3.23. The summed E-state index contributed by atoms with van der Waals surface area (Å²) in [6.07, 6.45) is 2.18. The van der Waals surface area contributed by atoms with Crippen LogP contribution in [-0.2, 0) is 9.59 Å². The van der Waals surface area contributed by atoms with Crippen LogP contribution in [0.4, 0.5) is 5.69 Å². The van der Waals surface area contributed by atoms with Gasteiger partial charge in [0.2, 0.25) is 11.8 Å². The van der Waals surface area contributed by atoms with E-state index < -0.39 is 0 Å². The van der Waals surface area contributed by atoms with Gasteiger partial charge >= 0.3 is 0 Å². The van der Waals surface area contributed by atoms with Crippen molar-refractivity contribution >= 4 is 29.1 Å². The minimum atomic E-state index is -0.0820. The van der Waals surface area contributed by atoms with E-state index in [1.54, 1.807) is 0 Å². The van der Waals surface area contributed by atoms with E-state index in [1.807, 2.05) is 24.3 Å². The maximum atomic E-state index is 12.2. The summed E-state index contributed by atoms with van der Waals surface area (Å²) in [6, 6.07) is 7.88. The van der Waals surface area contributed by atoms with Gasteiger partial charge in [0.15, 0.2) is 0 Å². The molecule has 2 amide bonds. The Morgan fingerprint density at radius 2 is 2.09 bits per heavy atom. The summed E-state index contributed by atoms with van der Waals surface area (Å²) in [5.74, 6) is 0.493. The van der Waals surface area contributed by atoms with Crippen LogP contribution >= 0.6 is 11.6 Å². The summed E-state index contributed by atoms with van der Waals surface area (Å²) in [5.41, 5.74) is 1.18. The summed E-state index contributed by atoms with van der Waals surface area (Å²) in [5, 5.41) is 6.55. The first-order valence-corrected chi connectivity index (χ1v) is 8.54. The molecule has 2 aliphatic rings. The molecule has 0 bridgehead atoms. The molecule has 1 aromatic carbocycles. The van der Waals surface area contributed by atoms with Crippen molar-refractivity contribution < 1.29 is 9.59 Å². The van der Waals surface area contributed by atoms with E-state index in [9.17, 15) is 9.59 Å². The number of nitrogens with zero attached hydrogens (tertiary/aromatic N) is 1. The molecule has 2 N–H and O–H groups in total. The Kier molecular flexibility index (Phi) is 5.06. The van der Waals surface area contributed by atoms with Gasteiger partial charge in [-0.15, -0.1) is 0 Å². The molecule has 2 atom stereocenters. The van der Waals surface area contributed by atoms with Crippen LogP contribution in [0.15, 0.2) is 24.3 Å². The molecule has 124 valence electrons. The number of halogens is 1. The average molecular weight is 336 g/mol. The molecular formula is C17H22ClN3O2. The van der Waals surface area contributed by atoms with Gasteiger partial charge in [-0.1, -0.05) is 11.6 Å². The van der Waals surface area contributed by atoms with Crippen LogP contribution in [-0.4, -0.2) is 38.0 Å². The highest BCUT2D eigenvalue weighted by Crippen LogP contribution is 2.25. The van der Waals surface area contributed by atoms with Crippen molar-refractivity contribution in [3.05, 3.63) is 29.3 Å². The summed E-state index contributed by atoms with van der Waals surface area (Å²) in [7, 11) is 0. The highest BCUT2D eigenvalue weighted by molar-refractivity contribution is 6.30. The minimum Gasteiger partial charge on any atom is -0.371 e. The molecule has 23 heavy (non-hydrogen) atoms. The maximum absolute atomic E-state index is 12.2. The molecule has 0 spiro atoms. The lowest BCUT2D eigenvalue weighted by Crippen LogP contribution is -2.44. The van der Waals surface area contributed by atoms with E-state index in [4.69, 9.17) is 11.6 Å². The standard InChI is InChI=1S/C17H22ClN3O2/c18-14-2-4-15(5-3-14)21-8-7-12(11-21)9-20-17(23)13-1-6-16(22)19-10-13/h2-5,12-13H,1,6-11H2,(H,19,22)(H,20,23). The Labute approximate surface area is 141 Å². The molecule has 2 heterocycles. The van der Waals surface area contributed by atoms with Crippen molar-refractivity contribution in [1.82, 2.24) is 10.6 Å². The minimum absolute atomic E-state index is 0.0449. The van der Waals surface area contributed by atoms with Gasteiger partial charge in [0.25, 0.3) is 0 Å². The van der Waals surface area contributed by atoms with Gasteiger partial charge in [-0.05, 0) is 43.0 Å². The van der Waals surface area contributed by atoms with Gasteiger partial charge in [-0.25, -0.2) is 0 Å². The number of hydrogen-bond acceptors (Lipinski definition) is 3. The number of rotatable bonds is 4. The molecule has 0 saturated carbocycles. The summed E-state index contributed by atoms with van der Waals surface area (Å²) < 4.78 is 0. The topological polar surface area (TPSA) is 61.4 Å². The average Bonchev–Trinajstić information content (AvgIpc) is 3.03. The van der Waals surface area contributed by atoms with Gasteiger partial charge < -0.3 is 15.5 Å². The molecule has 6 heteroatoms. The number of nitrogens with one attached hydrogen (secondary N) is 2. The fraction of sp³-hybridized carbons (Fsp3) is 0.529. The second kappa shape index (κ2) is 7.21. The lowest BCUT2D eigenvalue weighted by molar-refractivity contribution is -0.129. The van der Waals surface area contributed by atoms with E-state index in [0.717, 1.165) is 24.5 Å². The molecule has 2 fully saturated rings. The molecular weight excluding hydrogens is 314 g/mol. The molecule has 1 aromatic rings. The first-order chi connectivity index (χ1) is 11.1. The molecule has 0 aliphatic carbocycles. The van der Waals surface area contributed by atoms with Crippen molar-refractivity contribution in [3.8, 4) is 0 Å². The van der Waals surface area contributed by atoms with Crippen LogP contribution in [0.1, 0.15) is 19.3 Å². The summed E-state index contributed by atoms with van der Waals surface area (Å²) in [4.78, 5) is 25.6. The Morgan fingerprint density at radius 3 is 2.78 bits per heavy atom. The Hall–Kier alpha value is -1.75. The molecule has 0 radical (unpaired) electrons. The molecule has 0 aromatic heterocycles. The fourth-order valence-corrected chi connectivity index (χ4v) is 3.36. The van der Waals surface area contributed by atoms with Crippen LogP contribution in [0, 0.1) is 11.8 Å². The number of amides is 2. The van der Waals surface area contributed by atoms with Crippen molar-refractivity contribution in [1.29, 1.82) is 0 Å². The van der Waals surface area contributed by atoms with Crippen LogP contribution in [0.2, 0.25) is 5.02 Å². The van der Waals surface area contributed by atoms with Gasteiger partial charge in [0.1, 0.15) is 0 Å². The predicted octanol–water partition coefficient (Wildman–Crippen LogP) is 1.81. The highest BCUT2D eigenvalue weighted by Gasteiger charge is 2.27. The van der Waals surface area contributed by atoms with Crippen molar-refractivity contribution in [2.24, 2.45) is 11.8 Å². The van der Waals surface area contributed by atoms with Crippen LogP contribution in [0.5, 0.6) is 0 Å². The third-order valence-electron chi connectivity index (χ3n) is 4.68. The summed E-state index contributed by atoms with van der Waals surface area (Å²) in [6.45, 7) is 3.12. The van der Waals surface area contributed by atoms with Crippen LogP contribution < -0.4 is 15.5 Å². The lowest BCUT2D eigenvalue weighted by atomic mass is 9.98. The van der Waals surface area contributed by atoms with E-state index in [2.05, 4.69) is 15.5 Å². The van der Waals surface area contributed by atoms with Crippen LogP contribution in [0.3, 0.4) is 0 Å². The number of carbonyl (C=O) groups is 2. The molecule has 2 saturated heterocycles. The Morgan fingerprint density at radius 1 is 1.30 bits per heavy atom. The normalized spacial score (nSPS) is 24.4. The zero-order chi connectivity index (χ0) is 16.2. The SMILES string of the molecule is O=C1CCC(C(=O)NCC2CCN(c3ccc(Cl)cc3)C2)CN1. The third-order valence-corrected chi connectivity index (χ3v) is 4.93. The summed E-state index contributed by atoms with van der Waals surface area (Å²) >= 11 is 5.92. The first kappa shape index (κ1) is 16.1. The van der Waals surface area contributed by atoms with Gasteiger partial charge in [0.05, 0.1) is 5.92 Å². The van der Waals surface area contributed by atoms with Gasteiger partial charge in [-0.2, -0.15) is 0 Å². The van der Waals surface area contributed by atoms with Gasteiger partial charge in [-0.3, -0.25) is 9.59 Å². The van der Waals surface area contributed by atoms with E-state index in [0.29, 0.717) is 31.8 Å². The van der Waals surface area contributed by atoms with Gasteiger partial charge in [0, 0.05) is 43.3 Å². The van der Waals surface area contributed by atoms with Crippen molar-refractivity contribution in [2.75, 3.05) is 31.1 Å². The number of anilines is 1. The number of hydrogen-bond donors (Lipinski definition) is 2. The largest absolute Gasteiger partial charge is 0.371 e.